The molecule has 0 aliphatic carbocycles. The lowest BCUT2D eigenvalue weighted by molar-refractivity contribution is 0.0699. The molecule has 2 rings (SSSR count). The number of ether oxygens (including phenoxy) is 1. The second-order valence-electron chi connectivity index (χ2n) is 4.38. The van der Waals surface area contributed by atoms with E-state index in [1.54, 1.807) is 0 Å². The average molecular weight is 221 g/mol. The summed E-state index contributed by atoms with van der Waals surface area (Å²) in [6, 6.07) is 1.99. The molecule has 0 aromatic carbocycles. The van der Waals surface area contributed by atoms with Crippen molar-refractivity contribution in [3.63, 3.8) is 0 Å². The van der Waals surface area contributed by atoms with Crippen LogP contribution in [0.3, 0.4) is 0 Å². The molecule has 1 aliphatic heterocycles. The maximum absolute atomic E-state index is 5.34. The highest BCUT2D eigenvalue weighted by molar-refractivity contribution is 5.35. The summed E-state index contributed by atoms with van der Waals surface area (Å²) in [7, 11) is 0. The van der Waals surface area contributed by atoms with Gasteiger partial charge in [-0.05, 0) is 32.6 Å². The molecule has 4 heteroatoms. The molecule has 1 saturated heterocycles. The van der Waals surface area contributed by atoms with Crippen molar-refractivity contribution in [2.24, 2.45) is 5.92 Å². The van der Waals surface area contributed by atoms with E-state index < -0.39 is 0 Å². The summed E-state index contributed by atoms with van der Waals surface area (Å²) in [5.41, 5.74) is 1.02. The van der Waals surface area contributed by atoms with Crippen LogP contribution in [0.1, 0.15) is 24.4 Å². The lowest BCUT2D eigenvalue weighted by Crippen LogP contribution is -2.23. The predicted octanol–water partition coefficient (Wildman–Crippen LogP) is 1.93. The Bertz CT molecular complexity index is 328. The third kappa shape index (κ3) is 3.17. The molecular weight excluding hydrogens is 202 g/mol. The van der Waals surface area contributed by atoms with E-state index in [0.717, 1.165) is 49.9 Å². The number of rotatable bonds is 3. The van der Waals surface area contributed by atoms with E-state index in [4.69, 9.17) is 4.74 Å². The van der Waals surface area contributed by atoms with Gasteiger partial charge in [0.2, 0.25) is 0 Å². The van der Waals surface area contributed by atoms with E-state index in [0.29, 0.717) is 5.92 Å². The number of nitrogens with zero attached hydrogens (tertiary/aromatic N) is 2. The second kappa shape index (κ2) is 5.25. The Morgan fingerprint density at radius 1 is 1.31 bits per heavy atom. The van der Waals surface area contributed by atoms with E-state index in [2.05, 4.69) is 15.3 Å². The predicted molar refractivity (Wildman–Crippen MR) is 63.5 cm³/mol. The number of anilines is 1. The molecule has 1 N–H and O–H groups in total. The van der Waals surface area contributed by atoms with Gasteiger partial charge in [-0.25, -0.2) is 9.97 Å². The highest BCUT2D eigenvalue weighted by Crippen LogP contribution is 2.15. The molecule has 0 radical (unpaired) electrons. The zero-order chi connectivity index (χ0) is 11.4. The van der Waals surface area contributed by atoms with Crippen LogP contribution in [-0.4, -0.2) is 29.7 Å². The zero-order valence-electron chi connectivity index (χ0n) is 9.99. The first kappa shape index (κ1) is 11.3. The van der Waals surface area contributed by atoms with Crippen LogP contribution in [0.4, 0.5) is 5.82 Å². The van der Waals surface area contributed by atoms with Crippen LogP contribution < -0.4 is 5.32 Å². The Labute approximate surface area is 96.4 Å². The molecule has 0 saturated carbocycles. The molecule has 4 nitrogen and oxygen atoms in total. The van der Waals surface area contributed by atoms with Crippen LogP contribution in [0.2, 0.25) is 0 Å². The van der Waals surface area contributed by atoms with Crippen LogP contribution in [0.5, 0.6) is 0 Å². The van der Waals surface area contributed by atoms with Gasteiger partial charge in [-0.1, -0.05) is 0 Å². The van der Waals surface area contributed by atoms with Crippen molar-refractivity contribution in [3.05, 3.63) is 17.6 Å². The molecule has 0 bridgehead atoms. The lowest BCUT2D eigenvalue weighted by atomic mass is 10.0. The zero-order valence-corrected chi connectivity index (χ0v) is 9.99. The third-order valence-corrected chi connectivity index (χ3v) is 2.88. The Balaban J connectivity index is 1.88. The first-order valence-electron chi connectivity index (χ1n) is 5.88. The van der Waals surface area contributed by atoms with E-state index >= 15 is 0 Å². The van der Waals surface area contributed by atoms with Crippen molar-refractivity contribution in [3.8, 4) is 0 Å². The normalized spacial score (nSPS) is 17.4. The average Bonchev–Trinajstić information content (AvgIpc) is 2.27. The second-order valence-corrected chi connectivity index (χ2v) is 4.38. The van der Waals surface area contributed by atoms with E-state index in [9.17, 15) is 0 Å². The van der Waals surface area contributed by atoms with Crippen molar-refractivity contribution in [2.45, 2.75) is 26.7 Å². The lowest BCUT2D eigenvalue weighted by Gasteiger charge is -2.22. The standard InChI is InChI=1S/C12H19N3O/c1-9-7-12(15-10(2)14-9)13-8-11-3-5-16-6-4-11/h7,11H,3-6,8H2,1-2H3,(H,13,14,15). The first-order valence-corrected chi connectivity index (χ1v) is 5.88. The summed E-state index contributed by atoms with van der Waals surface area (Å²) < 4.78 is 5.34. The molecule has 1 aromatic heterocycles. The van der Waals surface area contributed by atoms with Gasteiger partial charge in [-0.15, -0.1) is 0 Å². The van der Waals surface area contributed by atoms with Gasteiger partial charge < -0.3 is 10.1 Å². The molecule has 0 unspecified atom stereocenters. The SMILES string of the molecule is Cc1cc(NCC2CCOCC2)nc(C)n1. The van der Waals surface area contributed by atoms with Gasteiger partial charge in [-0.3, -0.25) is 0 Å². The number of nitrogens with one attached hydrogen (secondary N) is 1. The van der Waals surface area contributed by atoms with Gasteiger partial charge in [0, 0.05) is 31.5 Å². The minimum atomic E-state index is 0.712. The summed E-state index contributed by atoms with van der Waals surface area (Å²) in [5.74, 6) is 2.48. The van der Waals surface area contributed by atoms with Crippen molar-refractivity contribution in [1.82, 2.24) is 9.97 Å². The van der Waals surface area contributed by atoms with Gasteiger partial charge in [-0.2, -0.15) is 0 Å². The van der Waals surface area contributed by atoms with Crippen LogP contribution in [0.25, 0.3) is 0 Å². The van der Waals surface area contributed by atoms with E-state index in [1.807, 2.05) is 19.9 Å². The minimum Gasteiger partial charge on any atom is -0.381 e. The summed E-state index contributed by atoms with van der Waals surface area (Å²) in [4.78, 5) is 8.62. The fraction of sp³-hybridized carbons (Fsp3) is 0.667. The van der Waals surface area contributed by atoms with Crippen LogP contribution in [0.15, 0.2) is 6.07 Å². The topological polar surface area (TPSA) is 47.0 Å². The number of aryl methyl sites for hydroxylation is 2. The fourth-order valence-corrected chi connectivity index (χ4v) is 2.01. The van der Waals surface area contributed by atoms with Crippen LogP contribution in [0, 0.1) is 19.8 Å². The summed E-state index contributed by atoms with van der Waals surface area (Å²) in [6.45, 7) is 6.70. The van der Waals surface area contributed by atoms with Crippen molar-refractivity contribution < 1.29 is 4.74 Å². The molecule has 0 amide bonds. The number of hydrogen-bond acceptors (Lipinski definition) is 4. The molecule has 1 aliphatic rings. The van der Waals surface area contributed by atoms with Crippen LogP contribution in [-0.2, 0) is 4.74 Å². The van der Waals surface area contributed by atoms with Gasteiger partial charge in [0.25, 0.3) is 0 Å². The highest BCUT2D eigenvalue weighted by Gasteiger charge is 2.13. The van der Waals surface area contributed by atoms with E-state index in [1.165, 1.54) is 0 Å². The fourth-order valence-electron chi connectivity index (χ4n) is 2.01. The van der Waals surface area contributed by atoms with Gasteiger partial charge in [0.15, 0.2) is 0 Å². The first-order chi connectivity index (χ1) is 7.74. The van der Waals surface area contributed by atoms with Crippen LogP contribution >= 0.6 is 0 Å². The molecule has 2 heterocycles. The smallest absolute Gasteiger partial charge is 0.129 e. The van der Waals surface area contributed by atoms with Gasteiger partial charge in [0.05, 0.1) is 0 Å². The van der Waals surface area contributed by atoms with Crippen molar-refractivity contribution >= 4 is 5.82 Å². The maximum Gasteiger partial charge on any atom is 0.129 e. The number of hydrogen-bond donors (Lipinski definition) is 1. The summed E-state index contributed by atoms with van der Waals surface area (Å²) in [5, 5.41) is 3.39. The van der Waals surface area contributed by atoms with Gasteiger partial charge in [0.1, 0.15) is 11.6 Å². The largest absolute Gasteiger partial charge is 0.381 e. The molecule has 0 atom stereocenters. The Morgan fingerprint density at radius 2 is 2.06 bits per heavy atom. The molecule has 16 heavy (non-hydrogen) atoms. The monoisotopic (exact) mass is 221 g/mol. The summed E-state index contributed by atoms with van der Waals surface area (Å²) in [6.07, 6.45) is 2.30. The maximum atomic E-state index is 5.34. The van der Waals surface area contributed by atoms with Crippen molar-refractivity contribution in [2.75, 3.05) is 25.1 Å². The minimum absolute atomic E-state index is 0.712. The van der Waals surface area contributed by atoms with Crippen molar-refractivity contribution in [1.29, 1.82) is 0 Å². The molecule has 1 aromatic rings. The molecular formula is C12H19N3O. The number of aromatic nitrogens is 2. The highest BCUT2D eigenvalue weighted by atomic mass is 16.5. The third-order valence-electron chi connectivity index (χ3n) is 2.88. The summed E-state index contributed by atoms with van der Waals surface area (Å²) >= 11 is 0. The molecule has 1 fully saturated rings. The molecule has 0 spiro atoms. The Kier molecular flexibility index (Phi) is 3.72. The quantitative estimate of drug-likeness (QED) is 0.847. The Morgan fingerprint density at radius 3 is 2.75 bits per heavy atom. The molecule has 88 valence electrons. The Hall–Kier alpha value is -1.16. The van der Waals surface area contributed by atoms with E-state index in [-0.39, 0.29) is 0 Å². The van der Waals surface area contributed by atoms with Gasteiger partial charge >= 0.3 is 0 Å².